The maximum absolute atomic E-state index is 11.7. The molecule has 0 bridgehead atoms. The predicted octanol–water partition coefficient (Wildman–Crippen LogP) is -0.834. The lowest BCUT2D eigenvalue weighted by Gasteiger charge is -2.37. The highest BCUT2D eigenvalue weighted by Crippen LogP contribution is 2.18. The third-order valence-corrected chi connectivity index (χ3v) is 3.39. The van der Waals surface area contributed by atoms with Crippen LogP contribution in [0.5, 0.6) is 0 Å². The van der Waals surface area contributed by atoms with Crippen LogP contribution in [0, 0.1) is 0 Å². The number of hydrogen-bond acceptors (Lipinski definition) is 8. The van der Waals surface area contributed by atoms with E-state index in [-0.39, 0.29) is 5.90 Å². The van der Waals surface area contributed by atoms with Crippen LogP contribution in [0.25, 0.3) is 0 Å². The number of ether oxygens (including phenoxy) is 1. The number of aliphatic hydroxyl groups is 3. The van der Waals surface area contributed by atoms with Crippen molar-refractivity contribution in [1.29, 1.82) is 0 Å². The van der Waals surface area contributed by atoms with Crippen LogP contribution in [-0.2, 0) is 14.4 Å². The van der Waals surface area contributed by atoms with Crippen molar-refractivity contribution in [1.82, 2.24) is 5.32 Å². The number of amides is 2. The zero-order valence-corrected chi connectivity index (χ0v) is 13.3. The SMILES string of the molecule is CC(=O)NC1C(=NOC(=O)Nc2ccccc2)OC(CO)[C@H](O)C1O. The Kier molecular flexibility index (Phi) is 6.28. The van der Waals surface area contributed by atoms with Crippen molar-refractivity contribution in [3.05, 3.63) is 30.3 Å². The lowest BCUT2D eigenvalue weighted by atomic mass is 9.97. The van der Waals surface area contributed by atoms with Crippen molar-refractivity contribution in [2.75, 3.05) is 11.9 Å². The Morgan fingerprint density at radius 2 is 1.92 bits per heavy atom. The molecule has 1 aliphatic rings. The molecule has 1 aliphatic heterocycles. The van der Waals surface area contributed by atoms with Gasteiger partial charge in [0.1, 0.15) is 18.2 Å². The van der Waals surface area contributed by atoms with E-state index in [9.17, 15) is 24.9 Å². The van der Waals surface area contributed by atoms with E-state index in [1.165, 1.54) is 6.92 Å². The average Bonchev–Trinajstić information content (AvgIpc) is 2.59. The van der Waals surface area contributed by atoms with Crippen molar-refractivity contribution < 1.29 is 34.5 Å². The van der Waals surface area contributed by atoms with Crippen LogP contribution >= 0.6 is 0 Å². The number of nitrogens with zero attached hydrogens (tertiary/aromatic N) is 1. The summed E-state index contributed by atoms with van der Waals surface area (Å²) in [6.45, 7) is 0.581. The standard InChI is InChI=1S/C15H19N3O7/c1-8(20)16-11-13(22)12(21)10(7-19)24-14(11)18-25-15(23)17-9-5-3-2-4-6-9/h2-6,10-13,19,21-22H,7H2,1H3,(H,16,20)(H,17,23)/t10?,11?,12-,13?/m0/s1. The highest BCUT2D eigenvalue weighted by Gasteiger charge is 2.44. The van der Waals surface area contributed by atoms with Crippen molar-refractivity contribution in [3.63, 3.8) is 0 Å². The first kappa shape index (κ1) is 18.6. The molecule has 0 aromatic heterocycles. The van der Waals surface area contributed by atoms with Gasteiger partial charge in [-0.2, -0.15) is 0 Å². The number of benzene rings is 1. The quantitative estimate of drug-likeness (QED) is 0.350. The Labute approximate surface area is 143 Å². The predicted molar refractivity (Wildman–Crippen MR) is 85.6 cm³/mol. The van der Waals surface area contributed by atoms with E-state index >= 15 is 0 Å². The third-order valence-electron chi connectivity index (χ3n) is 3.39. The second kappa shape index (κ2) is 8.42. The van der Waals surface area contributed by atoms with Gasteiger partial charge in [0, 0.05) is 12.6 Å². The number of nitrogens with one attached hydrogen (secondary N) is 2. The van der Waals surface area contributed by atoms with E-state index in [4.69, 9.17) is 4.74 Å². The summed E-state index contributed by atoms with van der Waals surface area (Å²) < 4.78 is 5.20. The minimum absolute atomic E-state index is 0.352. The van der Waals surface area contributed by atoms with Crippen molar-refractivity contribution in [2.45, 2.75) is 31.3 Å². The van der Waals surface area contributed by atoms with E-state index in [0.29, 0.717) is 5.69 Å². The van der Waals surface area contributed by atoms with Crippen molar-refractivity contribution >= 4 is 23.6 Å². The maximum Gasteiger partial charge on any atom is 0.437 e. The summed E-state index contributed by atoms with van der Waals surface area (Å²) in [4.78, 5) is 27.7. The maximum atomic E-state index is 11.7. The second-order valence-corrected chi connectivity index (χ2v) is 5.30. The number of rotatable bonds is 4. The molecule has 1 saturated heterocycles. The average molecular weight is 353 g/mol. The summed E-state index contributed by atoms with van der Waals surface area (Å²) in [5.41, 5.74) is 0.472. The summed E-state index contributed by atoms with van der Waals surface area (Å²) in [6.07, 6.45) is -5.07. The van der Waals surface area contributed by atoms with Gasteiger partial charge in [-0.15, -0.1) is 0 Å². The molecule has 2 rings (SSSR count). The zero-order chi connectivity index (χ0) is 18.4. The Balaban J connectivity index is 2.09. The van der Waals surface area contributed by atoms with Gasteiger partial charge >= 0.3 is 6.09 Å². The zero-order valence-electron chi connectivity index (χ0n) is 13.3. The Morgan fingerprint density at radius 1 is 1.24 bits per heavy atom. The molecule has 1 fully saturated rings. The second-order valence-electron chi connectivity index (χ2n) is 5.30. The number of carbonyl (C=O) groups is 2. The molecule has 0 saturated carbocycles. The van der Waals surface area contributed by atoms with Crippen LogP contribution in [0.15, 0.2) is 35.5 Å². The smallest absolute Gasteiger partial charge is 0.437 e. The van der Waals surface area contributed by atoms with Gasteiger partial charge in [0.25, 0.3) is 5.90 Å². The van der Waals surface area contributed by atoms with Gasteiger partial charge in [0.2, 0.25) is 5.91 Å². The van der Waals surface area contributed by atoms with Gasteiger partial charge < -0.3 is 25.4 Å². The fraction of sp³-hybridized carbons (Fsp3) is 0.400. The van der Waals surface area contributed by atoms with Crippen LogP contribution < -0.4 is 10.6 Å². The first-order valence-electron chi connectivity index (χ1n) is 7.44. The number of aliphatic hydroxyl groups excluding tert-OH is 3. The lowest BCUT2D eigenvalue weighted by Crippen LogP contribution is -2.62. The molecule has 0 spiro atoms. The van der Waals surface area contributed by atoms with Crippen molar-refractivity contribution in [3.8, 4) is 0 Å². The lowest BCUT2D eigenvalue weighted by molar-refractivity contribution is -0.126. The van der Waals surface area contributed by atoms with Gasteiger partial charge in [-0.1, -0.05) is 18.2 Å². The van der Waals surface area contributed by atoms with Gasteiger partial charge in [-0.3, -0.25) is 14.9 Å². The van der Waals surface area contributed by atoms with Gasteiger partial charge in [0.15, 0.2) is 6.10 Å². The van der Waals surface area contributed by atoms with Gasteiger partial charge in [-0.05, 0) is 17.3 Å². The molecule has 0 aliphatic carbocycles. The first-order chi connectivity index (χ1) is 11.9. The molecule has 4 atom stereocenters. The molecule has 1 heterocycles. The number of anilines is 1. The third kappa shape index (κ3) is 4.89. The van der Waals surface area contributed by atoms with Gasteiger partial charge in [0.05, 0.1) is 6.61 Å². The van der Waals surface area contributed by atoms with Crippen LogP contribution in [-0.4, -0.2) is 64.2 Å². The minimum Gasteiger partial charge on any atom is -0.468 e. The summed E-state index contributed by atoms with van der Waals surface area (Å²) in [5, 5.41) is 37.3. The van der Waals surface area contributed by atoms with Crippen molar-refractivity contribution in [2.24, 2.45) is 5.16 Å². The number of oxime groups is 1. The summed E-state index contributed by atoms with van der Waals surface area (Å²) in [6, 6.07) is 7.22. The van der Waals surface area contributed by atoms with Gasteiger partial charge in [-0.25, -0.2) is 4.79 Å². The molecule has 136 valence electrons. The van der Waals surface area contributed by atoms with Crippen LogP contribution in [0.2, 0.25) is 0 Å². The van der Waals surface area contributed by atoms with E-state index in [1.807, 2.05) is 0 Å². The van der Waals surface area contributed by atoms with E-state index < -0.39 is 43.0 Å². The van der Waals surface area contributed by atoms with Crippen LogP contribution in [0.1, 0.15) is 6.92 Å². The highest BCUT2D eigenvalue weighted by atomic mass is 16.7. The summed E-state index contributed by atoms with van der Waals surface area (Å²) >= 11 is 0. The fourth-order valence-corrected chi connectivity index (χ4v) is 2.20. The number of carbonyl (C=O) groups excluding carboxylic acids is 2. The largest absolute Gasteiger partial charge is 0.468 e. The molecule has 2 amide bonds. The number of hydrogen-bond donors (Lipinski definition) is 5. The van der Waals surface area contributed by atoms with E-state index in [0.717, 1.165) is 0 Å². The number of para-hydroxylation sites is 1. The summed E-state index contributed by atoms with van der Waals surface area (Å²) in [5.74, 6) is -0.876. The molecule has 25 heavy (non-hydrogen) atoms. The highest BCUT2D eigenvalue weighted by molar-refractivity contribution is 5.89. The molecular formula is C15H19N3O7. The van der Waals surface area contributed by atoms with E-state index in [1.54, 1.807) is 30.3 Å². The fourth-order valence-electron chi connectivity index (χ4n) is 2.20. The van der Waals surface area contributed by atoms with E-state index in [2.05, 4.69) is 20.6 Å². The Morgan fingerprint density at radius 3 is 2.52 bits per heavy atom. The Hall–Kier alpha value is -2.69. The molecule has 0 radical (unpaired) electrons. The molecule has 10 heteroatoms. The minimum atomic E-state index is -1.51. The summed E-state index contributed by atoms with van der Waals surface area (Å²) in [7, 11) is 0. The monoisotopic (exact) mass is 353 g/mol. The first-order valence-corrected chi connectivity index (χ1v) is 7.44. The molecule has 5 N–H and O–H groups in total. The van der Waals surface area contributed by atoms with Crippen LogP contribution in [0.3, 0.4) is 0 Å². The van der Waals surface area contributed by atoms with Crippen LogP contribution in [0.4, 0.5) is 10.5 Å². The Bertz CT molecular complexity index is 637. The topological polar surface area (TPSA) is 150 Å². The molecule has 1 aromatic carbocycles. The molecule has 3 unspecified atom stereocenters. The molecule has 1 aromatic rings. The molecular weight excluding hydrogens is 334 g/mol. The molecule has 10 nitrogen and oxygen atoms in total. The normalized spacial score (nSPS) is 27.3.